The summed E-state index contributed by atoms with van der Waals surface area (Å²) in [4.78, 5) is 10.3. The van der Waals surface area contributed by atoms with E-state index in [0.717, 1.165) is 0 Å². The second-order valence-corrected chi connectivity index (χ2v) is 3.01. The van der Waals surface area contributed by atoms with Crippen LogP contribution in [0.15, 0.2) is 0 Å². The van der Waals surface area contributed by atoms with Crippen molar-refractivity contribution in [3.05, 3.63) is 0 Å². The molecule has 0 amide bonds. The van der Waals surface area contributed by atoms with Crippen molar-refractivity contribution in [1.29, 1.82) is 0 Å². The molecule has 58 valence electrons. The van der Waals surface area contributed by atoms with Crippen LogP contribution in [0.4, 0.5) is 0 Å². The lowest BCUT2D eigenvalue weighted by Crippen LogP contribution is -2.36. The number of carboxylic acid groups (broad SMARTS) is 1. The zero-order chi connectivity index (χ0) is 7.72. The minimum atomic E-state index is -0.725. The largest absolute Gasteiger partial charge is 0.481 e. The van der Waals surface area contributed by atoms with Gasteiger partial charge in [-0.25, -0.2) is 0 Å². The average Bonchev–Trinajstić information content (AvgIpc) is 1.56. The van der Waals surface area contributed by atoms with Crippen LogP contribution in [0.2, 0.25) is 0 Å². The van der Waals surface area contributed by atoms with Crippen LogP contribution in [0.5, 0.6) is 0 Å². The number of carboxylic acids is 1. The van der Waals surface area contributed by atoms with Crippen LogP contribution in [-0.2, 0) is 4.79 Å². The number of hydrogen-bond acceptors (Lipinski definition) is 2. The highest BCUT2D eigenvalue weighted by atomic mass is 16.4. The molecular formula is C7H12O3. The molecule has 1 saturated carbocycles. The van der Waals surface area contributed by atoms with Gasteiger partial charge in [0.1, 0.15) is 0 Å². The van der Waals surface area contributed by atoms with Crippen molar-refractivity contribution >= 4 is 5.97 Å². The first kappa shape index (κ1) is 7.54. The summed E-state index contributed by atoms with van der Waals surface area (Å²) in [5.74, 6) is -0.697. The fourth-order valence-electron chi connectivity index (χ4n) is 1.26. The SMILES string of the molecule is CC(O)C1CC(C(=O)O)C1. The van der Waals surface area contributed by atoms with Crippen LogP contribution < -0.4 is 0 Å². The summed E-state index contributed by atoms with van der Waals surface area (Å²) in [6.07, 6.45) is 0.954. The van der Waals surface area contributed by atoms with E-state index in [0.29, 0.717) is 12.8 Å². The number of aliphatic hydroxyl groups excluding tert-OH is 1. The maximum absolute atomic E-state index is 10.3. The van der Waals surface area contributed by atoms with Gasteiger partial charge in [0.2, 0.25) is 0 Å². The topological polar surface area (TPSA) is 57.5 Å². The molecule has 1 aliphatic rings. The molecule has 3 heteroatoms. The van der Waals surface area contributed by atoms with E-state index in [9.17, 15) is 4.79 Å². The van der Waals surface area contributed by atoms with Crippen molar-refractivity contribution in [3.8, 4) is 0 Å². The lowest BCUT2D eigenvalue weighted by atomic mass is 9.72. The molecule has 0 bridgehead atoms. The lowest BCUT2D eigenvalue weighted by molar-refractivity contribution is -0.147. The highest BCUT2D eigenvalue weighted by Gasteiger charge is 2.36. The molecule has 0 saturated heterocycles. The van der Waals surface area contributed by atoms with Gasteiger partial charge in [-0.2, -0.15) is 0 Å². The van der Waals surface area contributed by atoms with Crippen LogP contribution in [0.1, 0.15) is 19.8 Å². The molecule has 0 aromatic heterocycles. The summed E-state index contributed by atoms with van der Waals surface area (Å²) in [6, 6.07) is 0. The molecule has 0 aromatic rings. The van der Waals surface area contributed by atoms with Gasteiger partial charge >= 0.3 is 5.97 Å². The van der Waals surface area contributed by atoms with Crippen LogP contribution in [0.25, 0.3) is 0 Å². The predicted octanol–water partition coefficient (Wildman–Crippen LogP) is 0.478. The van der Waals surface area contributed by atoms with Crippen molar-refractivity contribution in [3.63, 3.8) is 0 Å². The first-order chi connectivity index (χ1) is 4.61. The fourth-order valence-corrected chi connectivity index (χ4v) is 1.26. The Labute approximate surface area is 59.7 Å². The number of hydrogen-bond donors (Lipinski definition) is 2. The summed E-state index contributed by atoms with van der Waals surface area (Å²) in [5.41, 5.74) is 0. The van der Waals surface area contributed by atoms with Crippen LogP contribution in [0.3, 0.4) is 0 Å². The summed E-state index contributed by atoms with van der Waals surface area (Å²) in [6.45, 7) is 1.71. The Hall–Kier alpha value is -0.570. The standard InChI is InChI=1S/C7H12O3/c1-4(8)5-2-6(3-5)7(9)10/h4-6,8H,2-3H2,1H3,(H,9,10). The van der Waals surface area contributed by atoms with Gasteiger partial charge in [0, 0.05) is 0 Å². The predicted molar refractivity (Wildman–Crippen MR) is 35.5 cm³/mol. The van der Waals surface area contributed by atoms with E-state index in [-0.39, 0.29) is 17.9 Å². The highest BCUT2D eigenvalue weighted by molar-refractivity contribution is 5.71. The smallest absolute Gasteiger partial charge is 0.306 e. The number of rotatable bonds is 2. The monoisotopic (exact) mass is 144 g/mol. The van der Waals surface area contributed by atoms with Crippen molar-refractivity contribution in [2.75, 3.05) is 0 Å². The third-order valence-corrected chi connectivity index (χ3v) is 2.21. The Balaban J connectivity index is 2.24. The molecule has 10 heavy (non-hydrogen) atoms. The molecule has 1 atom stereocenters. The molecular weight excluding hydrogens is 132 g/mol. The van der Waals surface area contributed by atoms with Gasteiger partial charge in [0.25, 0.3) is 0 Å². The van der Waals surface area contributed by atoms with E-state index in [1.54, 1.807) is 6.92 Å². The maximum Gasteiger partial charge on any atom is 0.306 e. The van der Waals surface area contributed by atoms with Crippen molar-refractivity contribution < 1.29 is 15.0 Å². The molecule has 0 aromatic carbocycles. The lowest BCUT2D eigenvalue weighted by Gasteiger charge is -2.34. The Bertz CT molecular complexity index is 136. The Morgan fingerprint density at radius 1 is 1.60 bits per heavy atom. The van der Waals surface area contributed by atoms with Crippen molar-refractivity contribution in [2.45, 2.75) is 25.9 Å². The van der Waals surface area contributed by atoms with Crippen LogP contribution >= 0.6 is 0 Å². The molecule has 1 unspecified atom stereocenters. The van der Waals surface area contributed by atoms with E-state index in [1.807, 2.05) is 0 Å². The van der Waals surface area contributed by atoms with Gasteiger partial charge in [-0.15, -0.1) is 0 Å². The zero-order valence-electron chi connectivity index (χ0n) is 5.95. The summed E-state index contributed by atoms with van der Waals surface area (Å²) < 4.78 is 0. The minimum absolute atomic E-state index is 0.195. The van der Waals surface area contributed by atoms with Gasteiger partial charge in [0.05, 0.1) is 12.0 Å². The molecule has 2 N–H and O–H groups in total. The summed E-state index contributed by atoms with van der Waals surface area (Å²) in [5, 5.41) is 17.4. The second kappa shape index (κ2) is 2.58. The third-order valence-electron chi connectivity index (χ3n) is 2.21. The van der Waals surface area contributed by atoms with Gasteiger partial charge in [-0.3, -0.25) is 4.79 Å². The van der Waals surface area contributed by atoms with E-state index < -0.39 is 5.97 Å². The Morgan fingerprint density at radius 3 is 2.40 bits per heavy atom. The van der Waals surface area contributed by atoms with E-state index >= 15 is 0 Å². The summed E-state index contributed by atoms with van der Waals surface area (Å²) >= 11 is 0. The maximum atomic E-state index is 10.3. The molecule has 1 fully saturated rings. The number of aliphatic carboxylic acids is 1. The first-order valence-electron chi connectivity index (χ1n) is 3.52. The van der Waals surface area contributed by atoms with E-state index in [4.69, 9.17) is 10.2 Å². The van der Waals surface area contributed by atoms with Crippen LogP contribution in [0, 0.1) is 11.8 Å². The van der Waals surface area contributed by atoms with Gasteiger partial charge in [0.15, 0.2) is 0 Å². The molecule has 0 aliphatic heterocycles. The van der Waals surface area contributed by atoms with E-state index in [1.165, 1.54) is 0 Å². The zero-order valence-corrected chi connectivity index (χ0v) is 5.95. The molecule has 1 aliphatic carbocycles. The summed E-state index contributed by atoms with van der Waals surface area (Å²) in [7, 11) is 0. The molecule has 0 spiro atoms. The quantitative estimate of drug-likeness (QED) is 0.592. The van der Waals surface area contributed by atoms with Crippen molar-refractivity contribution in [2.24, 2.45) is 11.8 Å². The third kappa shape index (κ3) is 1.29. The van der Waals surface area contributed by atoms with Crippen molar-refractivity contribution in [1.82, 2.24) is 0 Å². The minimum Gasteiger partial charge on any atom is -0.481 e. The Kier molecular flexibility index (Phi) is 1.94. The molecule has 3 nitrogen and oxygen atoms in total. The first-order valence-corrected chi connectivity index (χ1v) is 3.52. The van der Waals surface area contributed by atoms with Gasteiger partial charge in [-0.1, -0.05) is 0 Å². The van der Waals surface area contributed by atoms with Gasteiger partial charge < -0.3 is 10.2 Å². The molecule has 1 rings (SSSR count). The second-order valence-electron chi connectivity index (χ2n) is 3.01. The molecule has 0 radical (unpaired) electrons. The Morgan fingerprint density at radius 2 is 2.10 bits per heavy atom. The van der Waals surface area contributed by atoms with E-state index in [2.05, 4.69) is 0 Å². The fraction of sp³-hybridized carbons (Fsp3) is 0.857. The highest BCUT2D eigenvalue weighted by Crippen LogP contribution is 2.35. The van der Waals surface area contributed by atoms with Crippen LogP contribution in [-0.4, -0.2) is 22.3 Å². The normalized spacial score (nSPS) is 34.6. The average molecular weight is 144 g/mol. The molecule has 0 heterocycles. The number of aliphatic hydroxyl groups is 1. The number of carbonyl (C=O) groups is 1. The van der Waals surface area contributed by atoms with Gasteiger partial charge in [-0.05, 0) is 25.7 Å².